The fourth-order valence-corrected chi connectivity index (χ4v) is 2.52. The minimum atomic E-state index is -0.0997. The highest BCUT2D eigenvalue weighted by atomic mass is 127. The van der Waals surface area contributed by atoms with Crippen LogP contribution in [0.2, 0.25) is 0 Å². The van der Waals surface area contributed by atoms with Gasteiger partial charge in [0.1, 0.15) is 17.7 Å². The number of amides is 1. The zero-order chi connectivity index (χ0) is 20.4. The van der Waals surface area contributed by atoms with Gasteiger partial charge in [-0.15, -0.1) is 24.0 Å². The van der Waals surface area contributed by atoms with Gasteiger partial charge in [-0.3, -0.25) is 9.79 Å². The number of nitrogens with one attached hydrogen (secondary N) is 3. The van der Waals surface area contributed by atoms with Crippen molar-refractivity contribution in [3.63, 3.8) is 0 Å². The van der Waals surface area contributed by atoms with Gasteiger partial charge < -0.3 is 20.7 Å². The summed E-state index contributed by atoms with van der Waals surface area (Å²) in [6.45, 7) is 6.96. The molecule has 0 bridgehead atoms. The predicted octanol–water partition coefficient (Wildman–Crippen LogP) is 3.28. The second-order valence-corrected chi connectivity index (χ2v) is 6.54. The first kappa shape index (κ1) is 24.7. The number of carbonyl (C=O) groups excluding carboxylic acids is 1. The van der Waals surface area contributed by atoms with Gasteiger partial charge in [0.25, 0.3) is 0 Å². The van der Waals surface area contributed by atoms with E-state index in [0.717, 1.165) is 17.0 Å². The highest BCUT2D eigenvalue weighted by Gasteiger charge is 2.08. The Labute approximate surface area is 189 Å². The fraction of sp³-hybridized carbons (Fsp3) is 0.381. The van der Waals surface area contributed by atoms with E-state index in [0.29, 0.717) is 31.3 Å². The molecule has 1 heterocycles. The molecule has 8 heteroatoms. The molecule has 7 nitrogen and oxygen atoms in total. The molecule has 158 valence electrons. The Kier molecular flexibility index (Phi) is 11.0. The summed E-state index contributed by atoms with van der Waals surface area (Å²) in [6.07, 6.45) is 0.279. The molecule has 0 saturated heterocycles. The molecule has 0 fully saturated rings. The number of hydrogen-bond acceptors (Lipinski definition) is 4. The zero-order valence-corrected chi connectivity index (χ0v) is 19.7. The lowest BCUT2D eigenvalue weighted by atomic mass is 10.2. The van der Waals surface area contributed by atoms with E-state index in [1.807, 2.05) is 57.2 Å². The lowest BCUT2D eigenvalue weighted by molar-refractivity contribution is -0.116. The van der Waals surface area contributed by atoms with Crippen LogP contribution in [0.4, 0.5) is 5.82 Å². The van der Waals surface area contributed by atoms with Crippen molar-refractivity contribution in [1.29, 1.82) is 0 Å². The van der Waals surface area contributed by atoms with Gasteiger partial charge in [0.15, 0.2) is 5.96 Å². The molecule has 2 rings (SSSR count). The number of nitrogens with zero attached hydrogens (tertiary/aromatic N) is 2. The number of halogens is 1. The van der Waals surface area contributed by atoms with Gasteiger partial charge in [-0.2, -0.15) is 0 Å². The first-order chi connectivity index (χ1) is 13.5. The lowest BCUT2D eigenvalue weighted by Crippen LogP contribution is -2.42. The molecule has 0 radical (unpaired) electrons. The summed E-state index contributed by atoms with van der Waals surface area (Å²) in [5.41, 5.74) is 1.97. The Morgan fingerprint density at radius 1 is 1.14 bits per heavy atom. The van der Waals surface area contributed by atoms with Crippen molar-refractivity contribution in [2.45, 2.75) is 33.3 Å². The molecule has 1 atom stereocenters. The SMILES string of the molecule is CN=C(NCCC(=O)Nc1cccc(C)n1)NCC(C)Oc1ccccc1C.I. The van der Waals surface area contributed by atoms with Crippen LogP contribution in [0.15, 0.2) is 47.5 Å². The van der Waals surface area contributed by atoms with Crippen LogP contribution in [-0.2, 0) is 4.79 Å². The molecule has 1 aromatic carbocycles. The molecule has 0 aliphatic carbocycles. The third kappa shape index (κ3) is 9.12. The summed E-state index contributed by atoms with van der Waals surface area (Å²) in [5.74, 6) is 1.97. The van der Waals surface area contributed by atoms with E-state index in [2.05, 4.69) is 25.9 Å². The first-order valence-corrected chi connectivity index (χ1v) is 9.38. The molecule has 29 heavy (non-hydrogen) atoms. The summed E-state index contributed by atoms with van der Waals surface area (Å²) >= 11 is 0. The highest BCUT2D eigenvalue weighted by Crippen LogP contribution is 2.17. The number of para-hydroxylation sites is 1. The summed E-state index contributed by atoms with van der Waals surface area (Å²) < 4.78 is 5.94. The lowest BCUT2D eigenvalue weighted by Gasteiger charge is -2.18. The summed E-state index contributed by atoms with van der Waals surface area (Å²) in [5, 5.41) is 9.13. The van der Waals surface area contributed by atoms with E-state index >= 15 is 0 Å². The molecular formula is C21H30IN5O2. The molecule has 1 aromatic heterocycles. The normalized spacial score (nSPS) is 11.8. The Hall–Kier alpha value is -2.36. The summed E-state index contributed by atoms with van der Waals surface area (Å²) in [4.78, 5) is 20.5. The van der Waals surface area contributed by atoms with E-state index in [4.69, 9.17) is 4.74 Å². The monoisotopic (exact) mass is 511 g/mol. The zero-order valence-electron chi connectivity index (χ0n) is 17.4. The maximum atomic E-state index is 12.0. The van der Waals surface area contributed by atoms with Crippen molar-refractivity contribution in [2.24, 2.45) is 4.99 Å². The molecule has 3 N–H and O–H groups in total. The smallest absolute Gasteiger partial charge is 0.227 e. The summed E-state index contributed by atoms with van der Waals surface area (Å²) in [7, 11) is 1.69. The average molecular weight is 511 g/mol. The highest BCUT2D eigenvalue weighted by molar-refractivity contribution is 14.0. The number of benzene rings is 1. The van der Waals surface area contributed by atoms with Crippen LogP contribution in [0.25, 0.3) is 0 Å². The topological polar surface area (TPSA) is 87.6 Å². The Bertz CT molecular complexity index is 813. The number of carbonyl (C=O) groups is 1. The van der Waals surface area contributed by atoms with Crippen molar-refractivity contribution in [3.8, 4) is 5.75 Å². The number of aromatic nitrogens is 1. The van der Waals surface area contributed by atoms with E-state index in [-0.39, 0.29) is 36.0 Å². The van der Waals surface area contributed by atoms with Crippen LogP contribution in [0.1, 0.15) is 24.6 Å². The number of rotatable bonds is 8. The number of aliphatic imine (C=N–C) groups is 1. The molecule has 0 aliphatic heterocycles. The molecule has 1 unspecified atom stereocenters. The first-order valence-electron chi connectivity index (χ1n) is 9.38. The third-order valence-electron chi connectivity index (χ3n) is 4.00. The number of pyridine rings is 1. The van der Waals surface area contributed by atoms with Crippen molar-refractivity contribution in [3.05, 3.63) is 53.7 Å². The molecule has 2 aromatic rings. The number of hydrogen-bond donors (Lipinski definition) is 3. The standard InChI is InChI=1S/C21H29N5O2.HI/c1-15-8-5-6-10-18(15)28-17(3)14-24-21(22-4)23-13-12-20(27)26-19-11-7-9-16(2)25-19;/h5-11,17H,12-14H2,1-4H3,(H2,22,23,24)(H,25,26,27);1H. The second-order valence-electron chi connectivity index (χ2n) is 6.54. The molecule has 0 aliphatic rings. The maximum absolute atomic E-state index is 12.0. The molecular weight excluding hydrogens is 481 g/mol. The number of ether oxygens (including phenoxy) is 1. The molecule has 0 saturated carbocycles. The van der Waals surface area contributed by atoms with Crippen molar-refractivity contribution in [2.75, 3.05) is 25.5 Å². The largest absolute Gasteiger partial charge is 0.489 e. The van der Waals surface area contributed by atoms with Gasteiger partial charge in [-0.05, 0) is 44.5 Å². The Morgan fingerprint density at radius 2 is 1.90 bits per heavy atom. The van der Waals surface area contributed by atoms with Gasteiger partial charge >= 0.3 is 0 Å². The Morgan fingerprint density at radius 3 is 2.59 bits per heavy atom. The molecule has 1 amide bonds. The number of anilines is 1. The van der Waals surface area contributed by atoms with Gasteiger partial charge in [-0.25, -0.2) is 4.98 Å². The van der Waals surface area contributed by atoms with Crippen LogP contribution in [0.5, 0.6) is 5.75 Å². The Balaban J connectivity index is 0.00000420. The van der Waals surface area contributed by atoms with E-state index in [1.165, 1.54) is 0 Å². The quantitative estimate of drug-likeness (QED) is 0.288. The van der Waals surface area contributed by atoms with Crippen molar-refractivity contribution in [1.82, 2.24) is 15.6 Å². The van der Waals surface area contributed by atoms with Gasteiger partial charge in [-0.1, -0.05) is 24.3 Å². The van der Waals surface area contributed by atoms with E-state index < -0.39 is 0 Å². The maximum Gasteiger partial charge on any atom is 0.227 e. The van der Waals surface area contributed by atoms with Gasteiger partial charge in [0.2, 0.25) is 5.91 Å². The van der Waals surface area contributed by atoms with Crippen molar-refractivity contribution >= 4 is 41.7 Å². The third-order valence-corrected chi connectivity index (χ3v) is 4.00. The second kappa shape index (κ2) is 13.0. The van der Waals surface area contributed by atoms with Crippen LogP contribution in [0, 0.1) is 13.8 Å². The number of aryl methyl sites for hydroxylation is 2. The van der Waals surface area contributed by atoms with Crippen LogP contribution >= 0.6 is 24.0 Å². The van der Waals surface area contributed by atoms with Gasteiger partial charge in [0.05, 0.1) is 6.54 Å². The minimum Gasteiger partial charge on any atom is -0.489 e. The average Bonchev–Trinajstić information content (AvgIpc) is 2.66. The van der Waals surface area contributed by atoms with Gasteiger partial charge in [0, 0.05) is 25.7 Å². The minimum absolute atomic E-state index is 0. The fourth-order valence-electron chi connectivity index (χ4n) is 2.52. The predicted molar refractivity (Wildman–Crippen MR) is 128 cm³/mol. The summed E-state index contributed by atoms with van der Waals surface area (Å²) in [6, 6.07) is 13.4. The number of guanidine groups is 1. The van der Waals surface area contributed by atoms with Crippen LogP contribution in [0.3, 0.4) is 0 Å². The van der Waals surface area contributed by atoms with E-state index in [9.17, 15) is 4.79 Å². The molecule has 0 spiro atoms. The van der Waals surface area contributed by atoms with E-state index in [1.54, 1.807) is 13.1 Å². The van der Waals surface area contributed by atoms with Crippen LogP contribution < -0.4 is 20.7 Å². The van der Waals surface area contributed by atoms with Crippen molar-refractivity contribution < 1.29 is 9.53 Å². The van der Waals surface area contributed by atoms with Crippen LogP contribution in [-0.4, -0.2) is 43.1 Å².